The van der Waals surface area contributed by atoms with Gasteiger partial charge in [0, 0.05) is 27.7 Å². The molecule has 1 aliphatic rings. The Morgan fingerprint density at radius 2 is 1.15 bits per heavy atom. The van der Waals surface area contributed by atoms with Crippen molar-refractivity contribution in [3.8, 4) is 16.8 Å². The van der Waals surface area contributed by atoms with E-state index in [4.69, 9.17) is 0 Å². The van der Waals surface area contributed by atoms with Crippen LogP contribution in [0.3, 0.4) is 0 Å². The summed E-state index contributed by atoms with van der Waals surface area (Å²) in [4.78, 5) is 2.52. The van der Waals surface area contributed by atoms with Crippen LogP contribution in [0.15, 0.2) is 188 Å². The minimum atomic E-state index is 0.969. The van der Waals surface area contributed by atoms with Gasteiger partial charge in [0.05, 0.1) is 22.4 Å². The quantitative estimate of drug-likeness (QED) is 0.172. The molecule has 246 valence electrons. The van der Waals surface area contributed by atoms with Crippen LogP contribution in [0.2, 0.25) is 0 Å². The Labute approximate surface area is 303 Å². The Hall–Kier alpha value is -6.64. The second-order valence-corrected chi connectivity index (χ2v) is 13.6. The van der Waals surface area contributed by atoms with Crippen LogP contribution in [0.1, 0.15) is 18.4 Å². The zero-order chi connectivity index (χ0) is 34.4. The summed E-state index contributed by atoms with van der Waals surface area (Å²) >= 11 is 0. The molecule has 52 heavy (non-hydrogen) atoms. The molecule has 8 aromatic carbocycles. The summed E-state index contributed by atoms with van der Waals surface area (Å²) in [6.45, 7) is 0. The number of nitrogens with zero attached hydrogens (tertiary/aromatic N) is 2. The molecule has 1 heterocycles. The first-order valence-corrected chi connectivity index (χ1v) is 18.2. The highest BCUT2D eigenvalue weighted by Gasteiger charge is 2.24. The number of aromatic nitrogens is 1. The van der Waals surface area contributed by atoms with Crippen molar-refractivity contribution in [1.82, 2.24) is 4.57 Å². The van der Waals surface area contributed by atoms with E-state index in [1.807, 2.05) is 0 Å². The number of para-hydroxylation sites is 3. The van der Waals surface area contributed by atoms with Crippen molar-refractivity contribution in [2.75, 3.05) is 4.90 Å². The minimum Gasteiger partial charge on any atom is -0.309 e. The highest BCUT2D eigenvalue weighted by molar-refractivity contribution is 6.17. The molecule has 0 unspecified atom stereocenters. The molecule has 0 radical (unpaired) electrons. The van der Waals surface area contributed by atoms with Crippen molar-refractivity contribution in [1.29, 1.82) is 0 Å². The second-order valence-electron chi connectivity index (χ2n) is 13.6. The van der Waals surface area contributed by atoms with Crippen molar-refractivity contribution in [2.24, 2.45) is 0 Å². The molecule has 0 fully saturated rings. The smallest absolute Gasteiger partial charge is 0.0562 e. The predicted molar refractivity (Wildman–Crippen MR) is 220 cm³/mol. The predicted octanol–water partition coefficient (Wildman–Crippen LogP) is 11.8. The standard InChI is InChI=1S/C50H36N2/c1-3-17-36(18-4-1)41-26-13-20-37-21-14-27-43(49(37)41)42-24-9-11-28-45(42)52(40-33-32-35-16-7-8-19-38(35)34-40)48-31-15-30-47-50(48)44-25-10-12-29-46(44)51(47)39-22-5-2-6-23-39/h1-13,15-26,28-34H,14,27H2. The van der Waals surface area contributed by atoms with Crippen molar-refractivity contribution in [2.45, 2.75) is 12.8 Å². The molecule has 0 N–H and O–H groups in total. The average Bonchev–Trinajstić information content (AvgIpc) is 3.56. The van der Waals surface area contributed by atoms with Gasteiger partial charge < -0.3 is 9.47 Å². The Bertz CT molecular complexity index is 2900. The zero-order valence-corrected chi connectivity index (χ0v) is 28.8. The summed E-state index contributed by atoms with van der Waals surface area (Å²) in [5, 5.41) is 7.57. The number of benzene rings is 8. The highest BCUT2D eigenvalue weighted by atomic mass is 15.2. The summed E-state index contributed by atoms with van der Waals surface area (Å²) in [5.74, 6) is 0. The van der Waals surface area contributed by atoms with Gasteiger partial charge in [-0.3, -0.25) is 0 Å². The molecule has 2 nitrogen and oxygen atoms in total. The molecule has 0 saturated heterocycles. The lowest BCUT2D eigenvalue weighted by molar-refractivity contribution is 1.07. The van der Waals surface area contributed by atoms with Crippen LogP contribution in [0, 0.1) is 0 Å². The number of rotatable bonds is 6. The van der Waals surface area contributed by atoms with E-state index in [2.05, 4.69) is 204 Å². The van der Waals surface area contributed by atoms with Gasteiger partial charge in [0.1, 0.15) is 0 Å². The molecule has 1 aromatic heterocycles. The maximum Gasteiger partial charge on any atom is 0.0562 e. The minimum absolute atomic E-state index is 0.969. The zero-order valence-electron chi connectivity index (χ0n) is 28.8. The third kappa shape index (κ3) is 4.95. The van der Waals surface area contributed by atoms with Crippen LogP contribution in [-0.2, 0) is 0 Å². The molecule has 0 amide bonds. The lowest BCUT2D eigenvalue weighted by atomic mass is 9.88. The van der Waals surface area contributed by atoms with Gasteiger partial charge in [-0.2, -0.15) is 0 Å². The summed E-state index contributed by atoms with van der Waals surface area (Å²) in [6, 6.07) is 68.6. The first-order valence-electron chi connectivity index (χ1n) is 18.2. The van der Waals surface area contributed by atoms with E-state index >= 15 is 0 Å². The van der Waals surface area contributed by atoms with Crippen molar-refractivity contribution in [3.05, 3.63) is 204 Å². The van der Waals surface area contributed by atoms with E-state index < -0.39 is 0 Å². The van der Waals surface area contributed by atoms with Gasteiger partial charge in [-0.25, -0.2) is 0 Å². The lowest BCUT2D eigenvalue weighted by Gasteiger charge is -2.30. The Balaban J connectivity index is 1.31. The first-order chi connectivity index (χ1) is 25.8. The molecule has 0 aliphatic heterocycles. The SMILES string of the molecule is C1=c2cccc(-c3ccccc3)c2=C(c2ccccc2N(c2ccc3ccccc3c2)c2cccc3c2c2ccccc2n3-c2ccccc2)CC1. The second kappa shape index (κ2) is 12.6. The van der Waals surface area contributed by atoms with Crippen LogP contribution in [0.4, 0.5) is 17.1 Å². The first kappa shape index (κ1) is 30.2. The van der Waals surface area contributed by atoms with Gasteiger partial charge in [0.25, 0.3) is 0 Å². The largest absolute Gasteiger partial charge is 0.309 e. The fourth-order valence-corrected chi connectivity index (χ4v) is 8.39. The van der Waals surface area contributed by atoms with Crippen molar-refractivity contribution >= 4 is 61.3 Å². The highest BCUT2D eigenvalue weighted by Crippen LogP contribution is 2.46. The Morgan fingerprint density at radius 1 is 0.481 bits per heavy atom. The van der Waals surface area contributed by atoms with Crippen LogP contribution in [0.5, 0.6) is 0 Å². The van der Waals surface area contributed by atoms with E-state index in [9.17, 15) is 0 Å². The maximum atomic E-state index is 2.52. The van der Waals surface area contributed by atoms with Crippen LogP contribution in [0.25, 0.3) is 61.0 Å². The molecule has 0 spiro atoms. The molecule has 0 bridgehead atoms. The lowest BCUT2D eigenvalue weighted by Crippen LogP contribution is -2.32. The molecule has 1 aliphatic carbocycles. The third-order valence-corrected chi connectivity index (χ3v) is 10.6. The topological polar surface area (TPSA) is 8.17 Å². The van der Waals surface area contributed by atoms with Gasteiger partial charge in [0.15, 0.2) is 0 Å². The Morgan fingerprint density at radius 3 is 2.04 bits per heavy atom. The molecular weight excluding hydrogens is 629 g/mol. The van der Waals surface area contributed by atoms with Crippen molar-refractivity contribution in [3.63, 3.8) is 0 Å². The number of anilines is 3. The molecule has 10 rings (SSSR count). The van der Waals surface area contributed by atoms with Gasteiger partial charge in [-0.15, -0.1) is 0 Å². The summed E-state index contributed by atoms with van der Waals surface area (Å²) < 4.78 is 2.41. The van der Waals surface area contributed by atoms with E-state index in [0.717, 1.165) is 29.9 Å². The van der Waals surface area contributed by atoms with Gasteiger partial charge >= 0.3 is 0 Å². The van der Waals surface area contributed by atoms with Gasteiger partial charge in [-0.1, -0.05) is 146 Å². The summed E-state index contributed by atoms with van der Waals surface area (Å²) in [7, 11) is 0. The van der Waals surface area contributed by atoms with E-state index in [1.54, 1.807) is 0 Å². The number of hydrogen-bond acceptors (Lipinski definition) is 1. The fourth-order valence-electron chi connectivity index (χ4n) is 8.39. The van der Waals surface area contributed by atoms with Crippen molar-refractivity contribution < 1.29 is 0 Å². The molecule has 2 heteroatoms. The third-order valence-electron chi connectivity index (χ3n) is 10.6. The van der Waals surface area contributed by atoms with Crippen LogP contribution < -0.4 is 15.3 Å². The van der Waals surface area contributed by atoms with Crippen LogP contribution in [-0.4, -0.2) is 4.57 Å². The van der Waals surface area contributed by atoms with Crippen LogP contribution >= 0.6 is 0 Å². The number of fused-ring (bicyclic) bond motifs is 5. The van der Waals surface area contributed by atoms with E-state index in [1.165, 1.54) is 71.0 Å². The normalized spacial score (nSPS) is 12.6. The Kier molecular flexibility index (Phi) is 7.32. The summed E-state index contributed by atoms with van der Waals surface area (Å²) in [6.07, 6.45) is 4.39. The molecule has 9 aromatic rings. The monoisotopic (exact) mass is 664 g/mol. The maximum absolute atomic E-state index is 2.52. The molecular formula is C50H36N2. The van der Waals surface area contributed by atoms with Gasteiger partial charge in [-0.05, 0) is 99.3 Å². The molecule has 0 atom stereocenters. The number of hydrogen-bond donors (Lipinski definition) is 0. The van der Waals surface area contributed by atoms with E-state index in [0.29, 0.717) is 0 Å². The average molecular weight is 665 g/mol. The van der Waals surface area contributed by atoms with Gasteiger partial charge in [0.2, 0.25) is 0 Å². The fraction of sp³-hybridized carbons (Fsp3) is 0.0400. The van der Waals surface area contributed by atoms with E-state index in [-0.39, 0.29) is 0 Å². The summed E-state index contributed by atoms with van der Waals surface area (Å²) in [5.41, 5.74) is 12.2. The molecule has 0 saturated carbocycles.